The normalized spacial score (nSPS) is 18.6. The fourth-order valence-electron chi connectivity index (χ4n) is 5.03. The number of nitrogens with one attached hydrogen (secondary N) is 1. The first-order valence-electron chi connectivity index (χ1n) is 12.7. The molecule has 204 valence electrons. The minimum absolute atomic E-state index is 0.355. The first-order chi connectivity index (χ1) is 18.3. The van der Waals surface area contributed by atoms with Gasteiger partial charge in [-0.2, -0.15) is 18.2 Å². The molecule has 1 aromatic carbocycles. The Labute approximate surface area is 224 Å². The van der Waals surface area contributed by atoms with E-state index in [1.807, 2.05) is 29.2 Å². The Morgan fingerprint density at radius 2 is 1.74 bits per heavy atom. The molecule has 0 bridgehead atoms. The molecule has 38 heavy (non-hydrogen) atoms. The Hall–Kier alpha value is -2.73. The molecular weight excluding hydrogens is 521 g/mol. The van der Waals surface area contributed by atoms with Gasteiger partial charge in [-0.1, -0.05) is 28.9 Å². The molecule has 0 atom stereocenters. The molecule has 0 unspecified atom stereocenters. The van der Waals surface area contributed by atoms with Crippen molar-refractivity contribution < 1.29 is 22.4 Å². The molecule has 1 N–H and O–H groups in total. The van der Waals surface area contributed by atoms with Gasteiger partial charge in [0.15, 0.2) is 5.82 Å². The van der Waals surface area contributed by atoms with Crippen LogP contribution < -0.4 is 10.2 Å². The summed E-state index contributed by atoms with van der Waals surface area (Å²) in [6, 6.07) is 10.3. The molecule has 3 aromatic rings. The summed E-state index contributed by atoms with van der Waals surface area (Å²) in [6.07, 6.45) is -1.93. The van der Waals surface area contributed by atoms with Crippen LogP contribution in [0.1, 0.15) is 35.7 Å². The van der Waals surface area contributed by atoms with Crippen LogP contribution >= 0.6 is 11.6 Å². The second-order valence-corrected chi connectivity index (χ2v) is 10.1. The third-order valence-electron chi connectivity index (χ3n) is 7.29. The van der Waals surface area contributed by atoms with E-state index in [0.717, 1.165) is 56.8 Å². The molecule has 2 aliphatic heterocycles. The van der Waals surface area contributed by atoms with Crippen molar-refractivity contribution in [2.75, 3.05) is 57.4 Å². The summed E-state index contributed by atoms with van der Waals surface area (Å²) in [5.41, 5.74) is 0.0232. The molecule has 4 heterocycles. The van der Waals surface area contributed by atoms with Gasteiger partial charge in [0.25, 0.3) is 0 Å². The lowest BCUT2D eigenvalue weighted by Crippen LogP contribution is -2.48. The molecule has 2 saturated heterocycles. The quantitative estimate of drug-likeness (QED) is 0.419. The zero-order valence-electron chi connectivity index (χ0n) is 20.9. The number of ether oxygens (including phenoxy) is 1. The smallest absolute Gasteiger partial charge is 0.381 e. The Morgan fingerprint density at radius 1 is 1.00 bits per heavy atom. The van der Waals surface area contributed by atoms with Crippen molar-refractivity contribution in [2.45, 2.75) is 31.0 Å². The highest BCUT2D eigenvalue weighted by Gasteiger charge is 2.40. The zero-order valence-corrected chi connectivity index (χ0v) is 21.6. The fourth-order valence-corrected chi connectivity index (χ4v) is 5.15. The standard InChI is InChI=1S/C26H30ClF3N6O2/c27-21-4-1-19(2-5-21)25(7-15-37-16-8-25)24-33-23(38-34-24)18-31-9-10-35-11-13-36(14-12-35)22-6-3-20(17-32-22)26(28,29)30/h1-6,17,31H,7-16,18H2. The number of aromatic nitrogens is 3. The van der Waals surface area contributed by atoms with Crippen LogP contribution in [0.25, 0.3) is 0 Å². The highest BCUT2D eigenvalue weighted by molar-refractivity contribution is 6.30. The van der Waals surface area contributed by atoms with E-state index in [2.05, 4.69) is 20.4 Å². The van der Waals surface area contributed by atoms with Crippen molar-refractivity contribution in [2.24, 2.45) is 0 Å². The van der Waals surface area contributed by atoms with Crippen molar-refractivity contribution in [1.29, 1.82) is 0 Å². The molecule has 0 aliphatic carbocycles. The Morgan fingerprint density at radius 3 is 2.39 bits per heavy atom. The summed E-state index contributed by atoms with van der Waals surface area (Å²) in [5, 5.41) is 8.40. The molecular formula is C26H30ClF3N6O2. The van der Waals surface area contributed by atoms with Gasteiger partial charge in [0.05, 0.1) is 17.5 Å². The SMILES string of the molecule is FC(F)(F)c1ccc(N2CCN(CCNCc3nc(C4(c5ccc(Cl)cc5)CCOCC4)no3)CC2)nc1. The molecule has 0 spiro atoms. The Bertz CT molecular complexity index is 1170. The number of rotatable bonds is 8. The van der Waals surface area contributed by atoms with Gasteiger partial charge in [0, 0.05) is 63.7 Å². The van der Waals surface area contributed by atoms with Gasteiger partial charge in [0.1, 0.15) is 5.82 Å². The van der Waals surface area contributed by atoms with Gasteiger partial charge in [-0.3, -0.25) is 4.90 Å². The maximum Gasteiger partial charge on any atom is 0.417 e. The predicted molar refractivity (Wildman–Crippen MR) is 136 cm³/mol. The van der Waals surface area contributed by atoms with Gasteiger partial charge in [-0.05, 0) is 42.7 Å². The molecule has 8 nitrogen and oxygen atoms in total. The van der Waals surface area contributed by atoms with Crippen LogP contribution in [-0.2, 0) is 22.9 Å². The lowest BCUT2D eigenvalue weighted by molar-refractivity contribution is -0.137. The van der Waals surface area contributed by atoms with E-state index >= 15 is 0 Å². The maximum absolute atomic E-state index is 12.8. The highest BCUT2D eigenvalue weighted by atomic mass is 35.5. The van der Waals surface area contributed by atoms with E-state index in [1.54, 1.807) is 0 Å². The number of pyridine rings is 1. The number of hydrogen-bond donors (Lipinski definition) is 1. The lowest BCUT2D eigenvalue weighted by atomic mass is 9.73. The van der Waals surface area contributed by atoms with Crippen LogP contribution in [0, 0.1) is 0 Å². The summed E-state index contributed by atoms with van der Waals surface area (Å²) in [6.45, 7) is 6.34. The molecule has 0 radical (unpaired) electrons. The van der Waals surface area contributed by atoms with Crippen LogP contribution in [-0.4, -0.2) is 72.5 Å². The Balaban J connectivity index is 1.09. The summed E-state index contributed by atoms with van der Waals surface area (Å²) in [5.74, 6) is 1.79. The van der Waals surface area contributed by atoms with Gasteiger partial charge in [-0.15, -0.1) is 0 Å². The summed E-state index contributed by atoms with van der Waals surface area (Å²) in [7, 11) is 0. The highest BCUT2D eigenvalue weighted by Crippen LogP contribution is 2.40. The number of anilines is 1. The lowest BCUT2D eigenvalue weighted by Gasteiger charge is -2.35. The monoisotopic (exact) mass is 550 g/mol. The van der Waals surface area contributed by atoms with E-state index in [9.17, 15) is 13.2 Å². The first-order valence-corrected chi connectivity index (χ1v) is 13.1. The van der Waals surface area contributed by atoms with Crippen LogP contribution in [0.2, 0.25) is 5.02 Å². The summed E-state index contributed by atoms with van der Waals surface area (Å²) >= 11 is 6.10. The second kappa shape index (κ2) is 11.6. The number of benzene rings is 1. The summed E-state index contributed by atoms with van der Waals surface area (Å²) in [4.78, 5) is 13.1. The third-order valence-corrected chi connectivity index (χ3v) is 7.54. The minimum Gasteiger partial charge on any atom is -0.381 e. The fraction of sp³-hybridized carbons (Fsp3) is 0.500. The number of halogens is 4. The number of nitrogens with zero attached hydrogens (tertiary/aromatic N) is 5. The van der Waals surface area contributed by atoms with Crippen molar-refractivity contribution in [3.8, 4) is 0 Å². The summed E-state index contributed by atoms with van der Waals surface area (Å²) < 4.78 is 49.5. The second-order valence-electron chi connectivity index (χ2n) is 9.62. The molecule has 0 saturated carbocycles. The van der Waals surface area contributed by atoms with E-state index in [4.69, 9.17) is 25.8 Å². The van der Waals surface area contributed by atoms with Crippen molar-refractivity contribution in [3.05, 3.63) is 70.5 Å². The Kier molecular flexibility index (Phi) is 8.18. The third kappa shape index (κ3) is 6.12. The topological polar surface area (TPSA) is 79.5 Å². The largest absolute Gasteiger partial charge is 0.417 e. The molecule has 0 amide bonds. The van der Waals surface area contributed by atoms with Gasteiger partial charge < -0.3 is 19.5 Å². The molecule has 5 rings (SSSR count). The van der Waals surface area contributed by atoms with Crippen LogP contribution in [0.4, 0.5) is 19.0 Å². The molecule has 2 fully saturated rings. The van der Waals surface area contributed by atoms with E-state index in [0.29, 0.717) is 55.4 Å². The minimum atomic E-state index is -4.37. The van der Waals surface area contributed by atoms with Gasteiger partial charge >= 0.3 is 6.18 Å². The van der Waals surface area contributed by atoms with E-state index in [-0.39, 0.29) is 5.41 Å². The van der Waals surface area contributed by atoms with Crippen molar-refractivity contribution in [3.63, 3.8) is 0 Å². The number of hydrogen-bond acceptors (Lipinski definition) is 8. The first kappa shape index (κ1) is 26.9. The number of alkyl halides is 3. The van der Waals surface area contributed by atoms with Crippen LogP contribution in [0.15, 0.2) is 47.1 Å². The van der Waals surface area contributed by atoms with Crippen molar-refractivity contribution >= 4 is 17.4 Å². The van der Waals surface area contributed by atoms with Crippen LogP contribution in [0.3, 0.4) is 0 Å². The predicted octanol–water partition coefficient (Wildman–Crippen LogP) is 4.15. The van der Waals surface area contributed by atoms with E-state index in [1.165, 1.54) is 6.07 Å². The zero-order chi connectivity index (χ0) is 26.6. The average molecular weight is 551 g/mol. The molecule has 12 heteroatoms. The average Bonchev–Trinajstić information content (AvgIpc) is 3.41. The molecule has 2 aliphatic rings. The number of piperazine rings is 1. The van der Waals surface area contributed by atoms with Crippen LogP contribution in [0.5, 0.6) is 0 Å². The maximum atomic E-state index is 12.8. The van der Waals surface area contributed by atoms with E-state index < -0.39 is 11.7 Å². The van der Waals surface area contributed by atoms with Gasteiger partial charge in [-0.25, -0.2) is 4.98 Å². The molecule has 2 aromatic heterocycles. The van der Waals surface area contributed by atoms with Crippen molar-refractivity contribution in [1.82, 2.24) is 25.3 Å². The van der Waals surface area contributed by atoms with Gasteiger partial charge in [0.2, 0.25) is 5.89 Å².